The summed E-state index contributed by atoms with van der Waals surface area (Å²) < 4.78 is 13.0. The summed E-state index contributed by atoms with van der Waals surface area (Å²) in [5.74, 6) is -1.03. The second-order valence-electron chi connectivity index (χ2n) is 6.39. The summed E-state index contributed by atoms with van der Waals surface area (Å²) >= 11 is 0.833. The summed E-state index contributed by atoms with van der Waals surface area (Å²) in [5, 5.41) is 2.36. The molecule has 28 heavy (non-hydrogen) atoms. The lowest BCUT2D eigenvalue weighted by Gasteiger charge is -2.14. The van der Waals surface area contributed by atoms with E-state index in [1.54, 1.807) is 12.1 Å². The number of nitrogens with zero attached hydrogens (tertiary/aromatic N) is 1. The Kier molecular flexibility index (Phi) is 5.94. The molecule has 1 aliphatic heterocycles. The highest BCUT2D eigenvalue weighted by Gasteiger charge is 2.34. The highest BCUT2D eigenvalue weighted by Crippen LogP contribution is 2.31. The number of rotatable bonds is 5. The largest absolute Gasteiger partial charge is 0.350 e. The van der Waals surface area contributed by atoms with E-state index >= 15 is 0 Å². The highest BCUT2D eigenvalue weighted by molar-refractivity contribution is 8.18. The van der Waals surface area contributed by atoms with Gasteiger partial charge in [0.2, 0.25) is 0 Å². The number of amides is 3. The van der Waals surface area contributed by atoms with Gasteiger partial charge < -0.3 is 5.32 Å². The van der Waals surface area contributed by atoms with Crippen LogP contribution in [0.5, 0.6) is 0 Å². The minimum absolute atomic E-state index is 0.0853. The van der Waals surface area contributed by atoms with E-state index < -0.39 is 5.91 Å². The van der Waals surface area contributed by atoms with Crippen molar-refractivity contribution in [1.82, 2.24) is 10.2 Å². The van der Waals surface area contributed by atoms with E-state index in [0.717, 1.165) is 27.8 Å². The molecule has 0 radical (unpaired) electrons. The Morgan fingerprint density at radius 1 is 1.14 bits per heavy atom. The molecule has 1 saturated heterocycles. The van der Waals surface area contributed by atoms with Crippen LogP contribution in [0.1, 0.15) is 27.0 Å². The quantitative estimate of drug-likeness (QED) is 0.776. The van der Waals surface area contributed by atoms with Crippen LogP contribution in [0, 0.1) is 19.7 Å². The molecule has 3 rings (SSSR count). The smallest absolute Gasteiger partial charge is 0.293 e. The number of hydrogen-bond donors (Lipinski definition) is 1. The van der Waals surface area contributed by atoms with E-state index in [1.165, 1.54) is 24.3 Å². The Hall–Kier alpha value is -2.93. The van der Waals surface area contributed by atoms with Gasteiger partial charge >= 0.3 is 0 Å². The number of imide groups is 1. The molecule has 1 aliphatic rings. The predicted octanol–water partition coefficient (Wildman–Crippen LogP) is 3.91. The first kappa shape index (κ1) is 19.8. The second-order valence-corrected chi connectivity index (χ2v) is 7.38. The zero-order valence-electron chi connectivity index (χ0n) is 15.5. The van der Waals surface area contributed by atoms with Crippen molar-refractivity contribution in [2.75, 3.05) is 13.1 Å². The number of hydrogen-bond acceptors (Lipinski definition) is 4. The van der Waals surface area contributed by atoms with Gasteiger partial charge in [0.25, 0.3) is 17.1 Å². The van der Waals surface area contributed by atoms with E-state index in [4.69, 9.17) is 0 Å². The Balaban J connectivity index is 1.61. The first-order chi connectivity index (χ1) is 13.4. The van der Waals surface area contributed by atoms with Crippen molar-refractivity contribution in [3.05, 3.63) is 75.4 Å². The third-order valence-corrected chi connectivity index (χ3v) is 5.42. The zero-order chi connectivity index (χ0) is 20.3. The fourth-order valence-electron chi connectivity index (χ4n) is 2.78. The van der Waals surface area contributed by atoms with E-state index in [-0.39, 0.29) is 35.0 Å². The first-order valence-corrected chi connectivity index (χ1v) is 9.54. The minimum Gasteiger partial charge on any atom is -0.350 e. The van der Waals surface area contributed by atoms with E-state index in [0.29, 0.717) is 11.1 Å². The number of nitrogens with one attached hydrogen (secondary N) is 1. The maximum absolute atomic E-state index is 13.0. The van der Waals surface area contributed by atoms with Gasteiger partial charge in [0.05, 0.1) is 4.91 Å². The van der Waals surface area contributed by atoms with Crippen LogP contribution in [0.25, 0.3) is 6.08 Å². The lowest BCUT2D eigenvalue weighted by molar-refractivity contribution is -0.122. The number of carbonyl (C=O) groups is 3. The molecule has 7 heteroatoms. The summed E-state index contributed by atoms with van der Waals surface area (Å²) in [6, 6.07) is 11.1. The zero-order valence-corrected chi connectivity index (χ0v) is 16.3. The summed E-state index contributed by atoms with van der Waals surface area (Å²) in [7, 11) is 0. The third-order valence-electron chi connectivity index (χ3n) is 4.51. The molecular formula is C21H19FN2O3S. The Morgan fingerprint density at radius 3 is 2.57 bits per heavy atom. The number of benzene rings is 2. The maximum atomic E-state index is 13.0. The van der Waals surface area contributed by atoms with Crippen LogP contribution in [-0.2, 0) is 4.79 Å². The van der Waals surface area contributed by atoms with Crippen LogP contribution in [0.4, 0.5) is 9.18 Å². The van der Waals surface area contributed by atoms with E-state index in [9.17, 15) is 18.8 Å². The topological polar surface area (TPSA) is 66.5 Å². The van der Waals surface area contributed by atoms with Gasteiger partial charge in [-0.05, 0) is 66.6 Å². The molecule has 144 valence electrons. The van der Waals surface area contributed by atoms with Gasteiger partial charge in [0, 0.05) is 18.7 Å². The summed E-state index contributed by atoms with van der Waals surface area (Å²) in [5.41, 5.74) is 3.12. The normalized spacial score (nSPS) is 15.4. The van der Waals surface area contributed by atoms with Crippen molar-refractivity contribution in [2.45, 2.75) is 13.8 Å². The second kappa shape index (κ2) is 8.39. The molecule has 0 aromatic heterocycles. The molecule has 0 spiro atoms. The van der Waals surface area contributed by atoms with Gasteiger partial charge in [-0.1, -0.05) is 24.3 Å². The van der Waals surface area contributed by atoms with Crippen LogP contribution in [-0.4, -0.2) is 35.0 Å². The summed E-state index contributed by atoms with van der Waals surface area (Å²) in [4.78, 5) is 38.3. The van der Waals surface area contributed by atoms with Crippen molar-refractivity contribution in [3.63, 3.8) is 0 Å². The van der Waals surface area contributed by atoms with Crippen LogP contribution in [0.3, 0.4) is 0 Å². The molecular weight excluding hydrogens is 379 g/mol. The van der Waals surface area contributed by atoms with Crippen LogP contribution >= 0.6 is 11.8 Å². The van der Waals surface area contributed by atoms with Gasteiger partial charge in [0.15, 0.2) is 0 Å². The predicted molar refractivity (Wildman–Crippen MR) is 107 cm³/mol. The van der Waals surface area contributed by atoms with E-state index in [1.807, 2.05) is 26.0 Å². The van der Waals surface area contributed by atoms with Crippen molar-refractivity contribution in [2.24, 2.45) is 0 Å². The summed E-state index contributed by atoms with van der Waals surface area (Å²) in [6.45, 7) is 4.05. The molecule has 0 bridgehead atoms. The van der Waals surface area contributed by atoms with Crippen molar-refractivity contribution in [3.8, 4) is 0 Å². The number of thioether (sulfide) groups is 1. The molecule has 5 nitrogen and oxygen atoms in total. The number of carbonyl (C=O) groups excluding carboxylic acids is 3. The van der Waals surface area contributed by atoms with Gasteiger partial charge in [-0.2, -0.15) is 0 Å². The van der Waals surface area contributed by atoms with Crippen LogP contribution in [0.15, 0.2) is 47.4 Å². The highest BCUT2D eigenvalue weighted by atomic mass is 32.2. The fraction of sp³-hybridized carbons (Fsp3) is 0.190. The average molecular weight is 398 g/mol. The molecule has 0 aliphatic carbocycles. The molecule has 1 N–H and O–H groups in total. The van der Waals surface area contributed by atoms with Gasteiger partial charge in [0.1, 0.15) is 5.82 Å². The summed E-state index contributed by atoms with van der Waals surface area (Å²) in [6.07, 6.45) is 1.55. The van der Waals surface area contributed by atoms with Gasteiger partial charge in [-0.25, -0.2) is 4.39 Å². The monoisotopic (exact) mass is 398 g/mol. The molecule has 1 fully saturated rings. The lowest BCUT2D eigenvalue weighted by atomic mass is 10.0. The minimum atomic E-state index is -0.416. The van der Waals surface area contributed by atoms with Crippen molar-refractivity contribution in [1.29, 1.82) is 0 Å². The lowest BCUT2D eigenvalue weighted by Crippen LogP contribution is -2.37. The Morgan fingerprint density at radius 2 is 1.86 bits per heavy atom. The standard InChI is InChI=1S/C21H19FN2O3S/c1-13-4-3-5-17(14(13)2)19(25)23-10-11-24-20(26)18(28-21(24)27)12-15-6-8-16(22)9-7-15/h3-9,12H,10-11H2,1-2H3,(H,23,25). The molecule has 0 atom stereocenters. The molecule has 3 amide bonds. The Labute approximate surface area is 166 Å². The fourth-order valence-corrected chi connectivity index (χ4v) is 3.64. The molecule has 2 aromatic carbocycles. The SMILES string of the molecule is Cc1cccc(C(=O)NCCN2C(=O)SC(=Cc3ccc(F)cc3)C2=O)c1C. The van der Waals surface area contributed by atoms with Gasteiger partial charge in [-0.15, -0.1) is 0 Å². The molecule has 0 unspecified atom stereocenters. The first-order valence-electron chi connectivity index (χ1n) is 8.72. The van der Waals surface area contributed by atoms with Gasteiger partial charge in [-0.3, -0.25) is 19.3 Å². The van der Waals surface area contributed by atoms with E-state index in [2.05, 4.69) is 5.32 Å². The molecule has 2 aromatic rings. The average Bonchev–Trinajstić information content (AvgIpc) is 2.93. The van der Waals surface area contributed by atoms with Crippen molar-refractivity contribution >= 4 is 34.9 Å². The number of halogens is 1. The Bertz CT molecular complexity index is 970. The number of aryl methyl sites for hydroxylation is 1. The van der Waals surface area contributed by atoms with Crippen LogP contribution < -0.4 is 5.32 Å². The van der Waals surface area contributed by atoms with Crippen LogP contribution in [0.2, 0.25) is 0 Å². The molecule has 1 heterocycles. The molecule has 0 saturated carbocycles. The maximum Gasteiger partial charge on any atom is 0.293 e. The third kappa shape index (κ3) is 4.31. The van der Waals surface area contributed by atoms with Crippen molar-refractivity contribution < 1.29 is 18.8 Å².